The van der Waals surface area contributed by atoms with Gasteiger partial charge in [0.05, 0.1) is 12.0 Å². The Morgan fingerprint density at radius 1 is 0.913 bits per heavy atom. The molecule has 0 radical (unpaired) electrons. The highest BCUT2D eigenvalue weighted by Gasteiger charge is 2.38. The second kappa shape index (κ2) is 15.3. The van der Waals surface area contributed by atoms with Crippen molar-refractivity contribution in [1.29, 1.82) is 0 Å². The van der Waals surface area contributed by atoms with Crippen molar-refractivity contribution in [3.8, 4) is 0 Å². The smallest absolute Gasteiger partial charge is 0.407 e. The van der Waals surface area contributed by atoms with Gasteiger partial charge in [0, 0.05) is 38.0 Å². The number of alkyl carbamates (subject to hydrolysis) is 1. The molecule has 5 rings (SSSR count). The van der Waals surface area contributed by atoms with E-state index in [1.807, 2.05) is 0 Å². The second-order valence-corrected chi connectivity index (χ2v) is 14.1. The second-order valence-electron chi connectivity index (χ2n) is 12.2. The number of hydrogen-bond donors (Lipinski definition) is 2. The lowest BCUT2D eigenvalue weighted by molar-refractivity contribution is -0.122. The number of benzene rings is 3. The summed E-state index contributed by atoms with van der Waals surface area (Å²) in [4.78, 5) is 27.0. The molecule has 0 aromatic heterocycles. The predicted molar refractivity (Wildman–Crippen MR) is 171 cm³/mol. The summed E-state index contributed by atoms with van der Waals surface area (Å²) in [6.45, 7) is 1.54. The van der Waals surface area contributed by atoms with E-state index in [0.717, 1.165) is 25.7 Å². The number of hydrogen-bond acceptors (Lipinski definition) is 6. The number of piperazine rings is 1. The van der Waals surface area contributed by atoms with Crippen LogP contribution in [0.4, 0.5) is 13.6 Å². The quantitative estimate of drug-likeness (QED) is 0.262. The number of carbonyl (C=O) groups is 2. The minimum atomic E-state index is -3.64. The summed E-state index contributed by atoms with van der Waals surface area (Å²) in [5.74, 6) is -1.54. The zero-order valence-corrected chi connectivity index (χ0v) is 26.7. The van der Waals surface area contributed by atoms with Crippen LogP contribution in [0.3, 0.4) is 0 Å². The highest BCUT2D eigenvalue weighted by atomic mass is 32.2. The SMILES string of the molecule is COC(=O)N[C@H](C(=O)C[C@@H]1CCC[C@H]1CC[C@H]1CNCCN1S(=O)(=O)c1ccccc1)C(c1ccc(F)cc1)c1ccc(F)cc1. The Morgan fingerprint density at radius 3 is 2.13 bits per heavy atom. The number of halogens is 2. The van der Waals surface area contributed by atoms with Crippen molar-refractivity contribution in [3.05, 3.63) is 102 Å². The van der Waals surface area contributed by atoms with Crippen LogP contribution in [0.5, 0.6) is 0 Å². The number of ketones is 1. The van der Waals surface area contributed by atoms with Gasteiger partial charge in [-0.05, 0) is 78.6 Å². The number of nitrogens with zero attached hydrogens (tertiary/aromatic N) is 1. The number of amides is 1. The van der Waals surface area contributed by atoms with E-state index < -0.39 is 39.7 Å². The van der Waals surface area contributed by atoms with E-state index in [4.69, 9.17) is 4.74 Å². The van der Waals surface area contributed by atoms with Gasteiger partial charge in [-0.1, -0.05) is 55.3 Å². The van der Waals surface area contributed by atoms with Gasteiger partial charge in [0.15, 0.2) is 5.78 Å². The molecule has 1 saturated heterocycles. The van der Waals surface area contributed by atoms with Gasteiger partial charge in [0.1, 0.15) is 17.7 Å². The lowest BCUT2D eigenvalue weighted by Crippen LogP contribution is -2.53. The molecule has 2 fully saturated rings. The van der Waals surface area contributed by atoms with Gasteiger partial charge in [-0.25, -0.2) is 22.0 Å². The molecule has 1 saturated carbocycles. The maximum atomic E-state index is 14.1. The average Bonchev–Trinajstić information content (AvgIpc) is 3.52. The summed E-state index contributed by atoms with van der Waals surface area (Å²) in [6, 6.07) is 18.7. The van der Waals surface area contributed by atoms with Crippen molar-refractivity contribution < 1.29 is 31.5 Å². The first kappa shape index (κ1) is 33.7. The molecule has 1 aliphatic heterocycles. The number of sulfonamides is 1. The van der Waals surface area contributed by atoms with E-state index in [1.165, 1.54) is 31.4 Å². The fourth-order valence-electron chi connectivity index (χ4n) is 7.04. The topological polar surface area (TPSA) is 105 Å². The minimum absolute atomic E-state index is 0.0484. The standard InChI is InChI=1S/C35H41F2N3O5S/c1-45-35(42)39-34(33(25-10-15-28(36)16-11-25)26-12-17-29(37)18-13-26)32(41)22-27-7-5-6-24(27)14-19-30-23-38-20-21-40(30)46(43,44)31-8-3-2-4-9-31/h2-4,8-13,15-18,24,27,30,33-34,38H,5-7,14,19-23H2,1H3,(H,39,42)/t24-,27-,30-,34+/m0/s1. The highest BCUT2D eigenvalue weighted by Crippen LogP contribution is 2.40. The van der Waals surface area contributed by atoms with Crippen LogP contribution in [0, 0.1) is 23.5 Å². The van der Waals surface area contributed by atoms with Crippen molar-refractivity contribution in [2.75, 3.05) is 26.7 Å². The fourth-order valence-corrected chi connectivity index (χ4v) is 8.72. The Balaban J connectivity index is 1.33. The Bertz CT molecular complexity index is 1530. The Labute approximate surface area is 269 Å². The first-order chi connectivity index (χ1) is 22.2. The van der Waals surface area contributed by atoms with Crippen molar-refractivity contribution in [3.63, 3.8) is 0 Å². The van der Waals surface area contributed by atoms with Gasteiger partial charge in [0.2, 0.25) is 10.0 Å². The third kappa shape index (κ3) is 8.00. The molecule has 1 heterocycles. The molecule has 0 spiro atoms. The van der Waals surface area contributed by atoms with Crippen LogP contribution in [0.15, 0.2) is 83.8 Å². The van der Waals surface area contributed by atoms with Gasteiger partial charge in [-0.3, -0.25) is 4.79 Å². The average molecular weight is 654 g/mol. The molecule has 0 bridgehead atoms. The summed E-state index contributed by atoms with van der Waals surface area (Å²) >= 11 is 0. The number of carbonyl (C=O) groups excluding carboxylic acids is 2. The monoisotopic (exact) mass is 653 g/mol. The number of ether oxygens (including phenoxy) is 1. The minimum Gasteiger partial charge on any atom is -0.453 e. The van der Waals surface area contributed by atoms with Crippen LogP contribution in [0.2, 0.25) is 0 Å². The molecule has 0 unspecified atom stereocenters. The maximum absolute atomic E-state index is 14.1. The number of Topliss-reactive ketones (excluding diaryl/α,β-unsaturated/α-hetero) is 1. The van der Waals surface area contributed by atoms with E-state index in [9.17, 15) is 26.8 Å². The van der Waals surface area contributed by atoms with Crippen molar-refractivity contribution in [2.24, 2.45) is 11.8 Å². The summed E-state index contributed by atoms with van der Waals surface area (Å²) in [7, 11) is -2.42. The van der Waals surface area contributed by atoms with Crippen molar-refractivity contribution in [2.45, 2.75) is 61.4 Å². The molecule has 11 heteroatoms. The first-order valence-electron chi connectivity index (χ1n) is 15.8. The van der Waals surface area contributed by atoms with Crippen LogP contribution in [0.1, 0.15) is 55.6 Å². The Morgan fingerprint density at radius 2 is 1.52 bits per heavy atom. The zero-order valence-electron chi connectivity index (χ0n) is 25.9. The third-order valence-electron chi connectivity index (χ3n) is 9.39. The van der Waals surface area contributed by atoms with Crippen LogP contribution >= 0.6 is 0 Å². The van der Waals surface area contributed by atoms with Gasteiger partial charge >= 0.3 is 6.09 Å². The molecule has 2 aliphatic rings. The van der Waals surface area contributed by atoms with Crippen LogP contribution < -0.4 is 10.6 Å². The Kier molecular flexibility index (Phi) is 11.2. The van der Waals surface area contributed by atoms with Gasteiger partial charge < -0.3 is 15.4 Å². The maximum Gasteiger partial charge on any atom is 0.407 e. The zero-order chi connectivity index (χ0) is 32.7. The van der Waals surface area contributed by atoms with E-state index >= 15 is 0 Å². The normalized spacial score (nSPS) is 21.2. The van der Waals surface area contributed by atoms with E-state index in [1.54, 1.807) is 58.9 Å². The summed E-state index contributed by atoms with van der Waals surface area (Å²) in [6.07, 6.45) is 3.57. The lowest BCUT2D eigenvalue weighted by Gasteiger charge is -2.36. The van der Waals surface area contributed by atoms with Crippen LogP contribution in [0.25, 0.3) is 0 Å². The molecule has 8 nitrogen and oxygen atoms in total. The molecule has 1 amide bonds. The molecule has 46 heavy (non-hydrogen) atoms. The molecule has 3 aromatic carbocycles. The summed E-state index contributed by atoms with van der Waals surface area (Å²) in [5, 5.41) is 6.06. The molecule has 246 valence electrons. The largest absolute Gasteiger partial charge is 0.453 e. The number of nitrogens with one attached hydrogen (secondary N) is 2. The molecule has 4 atom stereocenters. The summed E-state index contributed by atoms with van der Waals surface area (Å²) in [5.41, 5.74) is 1.19. The number of methoxy groups -OCH3 is 1. The number of rotatable bonds is 12. The molecular weight excluding hydrogens is 612 g/mol. The Hall–Kier alpha value is -3.67. The third-order valence-corrected chi connectivity index (χ3v) is 11.4. The van der Waals surface area contributed by atoms with Crippen LogP contribution in [-0.4, -0.2) is 63.4 Å². The first-order valence-corrected chi connectivity index (χ1v) is 17.3. The summed E-state index contributed by atoms with van der Waals surface area (Å²) < 4.78 is 61.2. The highest BCUT2D eigenvalue weighted by molar-refractivity contribution is 7.89. The van der Waals surface area contributed by atoms with Crippen molar-refractivity contribution >= 4 is 21.9 Å². The molecule has 1 aliphatic carbocycles. The van der Waals surface area contributed by atoms with E-state index in [0.29, 0.717) is 37.2 Å². The lowest BCUT2D eigenvalue weighted by atomic mass is 9.79. The van der Waals surface area contributed by atoms with E-state index in [-0.39, 0.29) is 35.0 Å². The predicted octanol–water partition coefficient (Wildman–Crippen LogP) is 5.64. The van der Waals surface area contributed by atoms with Gasteiger partial charge in [0.25, 0.3) is 0 Å². The van der Waals surface area contributed by atoms with Gasteiger partial charge in [-0.15, -0.1) is 0 Å². The molecule has 2 N–H and O–H groups in total. The van der Waals surface area contributed by atoms with Crippen LogP contribution in [-0.2, 0) is 19.6 Å². The fraction of sp³-hybridized carbons (Fsp3) is 0.429. The molecular formula is C35H41F2N3O5S. The molecule has 3 aromatic rings. The van der Waals surface area contributed by atoms with Gasteiger partial charge in [-0.2, -0.15) is 4.31 Å². The van der Waals surface area contributed by atoms with Crippen molar-refractivity contribution in [1.82, 2.24) is 14.9 Å². The van der Waals surface area contributed by atoms with E-state index in [2.05, 4.69) is 10.6 Å².